The number of rotatable bonds is 4. The van der Waals surface area contributed by atoms with E-state index in [1.807, 2.05) is 20.8 Å². The number of hydrogen-bond donors (Lipinski definition) is 2. The molecule has 0 spiro atoms. The molecule has 1 rings (SSSR count). The smallest absolute Gasteiger partial charge is 0.348 e. The minimum absolute atomic E-state index is 0.0185. The van der Waals surface area contributed by atoms with Gasteiger partial charge in [-0.25, -0.2) is 13.2 Å². The monoisotopic (exact) mass is 291 g/mol. The van der Waals surface area contributed by atoms with Crippen molar-refractivity contribution in [3.63, 3.8) is 0 Å². The minimum atomic E-state index is -3.55. The number of nitrogens with one attached hydrogen (secondary N) is 1. The number of hydrogen-bond acceptors (Lipinski definition) is 4. The first-order valence-electron chi connectivity index (χ1n) is 5.34. The van der Waals surface area contributed by atoms with E-state index in [2.05, 4.69) is 4.72 Å². The van der Waals surface area contributed by atoms with E-state index in [9.17, 15) is 13.2 Å². The molecule has 0 aliphatic carbocycles. The Morgan fingerprint density at radius 2 is 2.00 bits per heavy atom. The molecular weight excluding hydrogens is 274 g/mol. The van der Waals surface area contributed by atoms with Crippen LogP contribution in [0.3, 0.4) is 0 Å². The number of aryl methyl sites for hydroxylation is 1. The highest BCUT2D eigenvalue weighted by Gasteiger charge is 2.25. The van der Waals surface area contributed by atoms with Crippen LogP contribution < -0.4 is 4.72 Å². The van der Waals surface area contributed by atoms with Gasteiger partial charge < -0.3 is 5.11 Å². The average molecular weight is 291 g/mol. The molecular formula is C11H17NO4S2. The van der Waals surface area contributed by atoms with E-state index in [1.54, 1.807) is 12.3 Å². The highest BCUT2D eigenvalue weighted by molar-refractivity contribution is 7.92. The SMILES string of the molecule is Cc1csc(C(=O)O)c1NS(=O)(=O)CC(C)(C)C. The van der Waals surface area contributed by atoms with Crippen LogP contribution in [0.2, 0.25) is 0 Å². The van der Waals surface area contributed by atoms with Gasteiger partial charge in [-0.15, -0.1) is 11.3 Å². The molecule has 5 nitrogen and oxygen atoms in total. The Morgan fingerprint density at radius 1 is 1.44 bits per heavy atom. The first kappa shape index (κ1) is 15.0. The van der Waals surface area contributed by atoms with Gasteiger partial charge in [0, 0.05) is 0 Å². The van der Waals surface area contributed by atoms with Crippen LogP contribution >= 0.6 is 11.3 Å². The molecule has 7 heteroatoms. The maximum atomic E-state index is 11.9. The summed E-state index contributed by atoms with van der Waals surface area (Å²) in [6, 6.07) is 0. The van der Waals surface area contributed by atoms with Crippen molar-refractivity contribution < 1.29 is 18.3 Å². The van der Waals surface area contributed by atoms with Crippen molar-refractivity contribution in [3.05, 3.63) is 15.8 Å². The second kappa shape index (κ2) is 4.89. The van der Waals surface area contributed by atoms with Gasteiger partial charge in [0.05, 0.1) is 11.4 Å². The van der Waals surface area contributed by atoms with E-state index in [0.29, 0.717) is 5.56 Å². The van der Waals surface area contributed by atoms with E-state index in [4.69, 9.17) is 5.11 Å². The van der Waals surface area contributed by atoms with Gasteiger partial charge >= 0.3 is 5.97 Å². The highest BCUT2D eigenvalue weighted by Crippen LogP contribution is 2.29. The first-order valence-corrected chi connectivity index (χ1v) is 7.87. The van der Waals surface area contributed by atoms with Gasteiger partial charge in [0.1, 0.15) is 4.88 Å². The summed E-state index contributed by atoms with van der Waals surface area (Å²) in [5.74, 6) is -1.18. The van der Waals surface area contributed by atoms with Crippen molar-refractivity contribution in [1.82, 2.24) is 0 Å². The number of sulfonamides is 1. The molecule has 1 heterocycles. The van der Waals surface area contributed by atoms with Crippen LogP contribution in [0.15, 0.2) is 5.38 Å². The Morgan fingerprint density at radius 3 is 2.44 bits per heavy atom. The molecule has 1 aromatic rings. The summed E-state index contributed by atoms with van der Waals surface area (Å²) in [5.41, 5.74) is 0.408. The number of aromatic carboxylic acids is 1. The van der Waals surface area contributed by atoms with Gasteiger partial charge in [-0.1, -0.05) is 20.8 Å². The lowest BCUT2D eigenvalue weighted by atomic mass is 10.0. The van der Waals surface area contributed by atoms with Crippen LogP contribution in [0, 0.1) is 12.3 Å². The number of thiophene rings is 1. The maximum Gasteiger partial charge on any atom is 0.348 e. The Balaban J connectivity index is 3.05. The second-order valence-electron chi connectivity index (χ2n) is 5.35. The lowest BCUT2D eigenvalue weighted by Crippen LogP contribution is -2.26. The summed E-state index contributed by atoms with van der Waals surface area (Å²) in [5, 5.41) is 10.6. The van der Waals surface area contributed by atoms with Gasteiger partial charge in [0.2, 0.25) is 10.0 Å². The zero-order valence-electron chi connectivity index (χ0n) is 10.8. The van der Waals surface area contributed by atoms with E-state index in [0.717, 1.165) is 11.3 Å². The van der Waals surface area contributed by atoms with Gasteiger partial charge in [0.25, 0.3) is 0 Å². The molecule has 2 N–H and O–H groups in total. The molecule has 0 aliphatic rings. The topological polar surface area (TPSA) is 83.5 Å². The quantitative estimate of drug-likeness (QED) is 0.893. The average Bonchev–Trinajstić information content (AvgIpc) is 2.42. The molecule has 0 unspecified atom stereocenters. The molecule has 0 saturated carbocycles. The zero-order chi connectivity index (χ0) is 14.1. The third-order valence-electron chi connectivity index (χ3n) is 2.05. The summed E-state index contributed by atoms with van der Waals surface area (Å²) >= 11 is 1.02. The Hall–Kier alpha value is -1.08. The molecule has 0 amide bonds. The molecule has 1 aromatic heterocycles. The van der Waals surface area contributed by atoms with Gasteiger partial charge in [-0.3, -0.25) is 4.72 Å². The summed E-state index contributed by atoms with van der Waals surface area (Å²) in [6.45, 7) is 7.11. The standard InChI is InChI=1S/C11H17NO4S2/c1-7-5-17-9(10(13)14)8(7)12-18(15,16)6-11(2,3)4/h5,12H,6H2,1-4H3,(H,13,14). The van der Waals surface area contributed by atoms with Crippen molar-refractivity contribution in [2.75, 3.05) is 10.5 Å². The van der Waals surface area contributed by atoms with Gasteiger partial charge in [-0.2, -0.15) is 0 Å². The second-order valence-corrected chi connectivity index (χ2v) is 7.95. The van der Waals surface area contributed by atoms with Crippen LogP contribution in [0.1, 0.15) is 36.0 Å². The van der Waals surface area contributed by atoms with Crippen LogP contribution in [0.4, 0.5) is 5.69 Å². The molecule has 102 valence electrons. The fourth-order valence-electron chi connectivity index (χ4n) is 1.49. The van der Waals surface area contributed by atoms with Gasteiger partial charge in [-0.05, 0) is 23.3 Å². The number of carboxylic acids is 1. The minimum Gasteiger partial charge on any atom is -0.477 e. The van der Waals surface area contributed by atoms with E-state index in [1.165, 1.54) is 0 Å². The molecule has 0 bridgehead atoms. The Kier molecular flexibility index (Phi) is 4.07. The summed E-state index contributed by atoms with van der Waals surface area (Å²) in [6.07, 6.45) is 0. The van der Waals surface area contributed by atoms with E-state index in [-0.39, 0.29) is 21.7 Å². The van der Waals surface area contributed by atoms with Gasteiger partial charge in [0.15, 0.2) is 0 Å². The molecule has 0 aromatic carbocycles. The Labute approximate surface area is 111 Å². The lowest BCUT2D eigenvalue weighted by Gasteiger charge is -2.19. The number of carbonyl (C=O) groups is 1. The molecule has 0 atom stereocenters. The fraction of sp³-hybridized carbons (Fsp3) is 0.545. The predicted molar refractivity (Wildman–Crippen MR) is 72.9 cm³/mol. The molecule has 18 heavy (non-hydrogen) atoms. The van der Waals surface area contributed by atoms with Crippen LogP contribution in [0.25, 0.3) is 0 Å². The summed E-state index contributed by atoms with van der Waals surface area (Å²) in [4.78, 5) is 11.0. The lowest BCUT2D eigenvalue weighted by molar-refractivity contribution is 0.0703. The van der Waals surface area contributed by atoms with Crippen molar-refractivity contribution in [2.24, 2.45) is 5.41 Å². The Bertz CT molecular complexity index is 552. The maximum absolute atomic E-state index is 11.9. The summed E-state index contributed by atoms with van der Waals surface area (Å²) < 4.78 is 26.3. The van der Waals surface area contributed by atoms with E-state index >= 15 is 0 Å². The van der Waals surface area contributed by atoms with Crippen LogP contribution in [-0.2, 0) is 10.0 Å². The van der Waals surface area contributed by atoms with Crippen molar-refractivity contribution in [1.29, 1.82) is 0 Å². The third-order valence-corrected chi connectivity index (χ3v) is 4.90. The molecule has 0 fully saturated rings. The zero-order valence-corrected chi connectivity index (χ0v) is 12.4. The normalized spacial score (nSPS) is 12.4. The molecule has 0 saturated heterocycles. The van der Waals surface area contributed by atoms with Crippen molar-refractivity contribution >= 4 is 33.0 Å². The fourth-order valence-corrected chi connectivity index (χ4v) is 4.18. The molecule has 0 aliphatic heterocycles. The van der Waals surface area contributed by atoms with E-state index < -0.39 is 16.0 Å². The van der Waals surface area contributed by atoms with Crippen LogP contribution in [-0.4, -0.2) is 25.2 Å². The summed E-state index contributed by atoms with van der Waals surface area (Å²) in [7, 11) is -3.55. The molecule has 0 radical (unpaired) electrons. The third kappa shape index (κ3) is 3.99. The largest absolute Gasteiger partial charge is 0.477 e. The predicted octanol–water partition coefficient (Wildman–Crippen LogP) is 2.54. The number of anilines is 1. The number of carboxylic acid groups (broad SMARTS) is 1. The van der Waals surface area contributed by atoms with Crippen molar-refractivity contribution in [2.45, 2.75) is 27.7 Å². The van der Waals surface area contributed by atoms with Crippen LogP contribution in [0.5, 0.6) is 0 Å². The first-order chi connectivity index (χ1) is 8.02. The van der Waals surface area contributed by atoms with Crippen molar-refractivity contribution in [3.8, 4) is 0 Å². The highest BCUT2D eigenvalue weighted by atomic mass is 32.2.